The van der Waals surface area contributed by atoms with Gasteiger partial charge in [0.1, 0.15) is 0 Å². The maximum Gasteiger partial charge on any atom is 0.251 e. The van der Waals surface area contributed by atoms with E-state index in [0.29, 0.717) is 0 Å². The highest BCUT2D eigenvalue weighted by atomic mass is 16.1. The highest BCUT2D eigenvalue weighted by Crippen LogP contribution is 2.22. The Balaban J connectivity index is 2.12. The van der Waals surface area contributed by atoms with E-state index in [1.807, 2.05) is 26.0 Å². The summed E-state index contributed by atoms with van der Waals surface area (Å²) in [5.41, 5.74) is 3.39. The SMILES string of the molecule is Cc1cc(C)cc(C(=O)NC2CC(C)(C)[NH2+]C(C)(C)C2)c1. The van der Waals surface area contributed by atoms with Crippen LogP contribution >= 0.6 is 0 Å². The molecule has 1 amide bonds. The van der Waals surface area contributed by atoms with Crippen molar-refractivity contribution >= 4 is 5.91 Å². The number of hydrogen-bond acceptors (Lipinski definition) is 1. The normalized spacial score (nSPS) is 21.0. The first-order valence-electron chi connectivity index (χ1n) is 7.83. The minimum absolute atomic E-state index is 0.0558. The number of benzene rings is 1. The number of piperidine rings is 1. The fourth-order valence-electron chi connectivity index (χ4n) is 3.99. The van der Waals surface area contributed by atoms with Crippen LogP contribution in [0.4, 0.5) is 0 Å². The quantitative estimate of drug-likeness (QED) is 0.862. The highest BCUT2D eigenvalue weighted by Gasteiger charge is 2.42. The fraction of sp³-hybridized carbons (Fsp3) is 0.611. The predicted octanol–water partition coefficient (Wildman–Crippen LogP) is 2.32. The molecule has 1 fully saturated rings. The molecule has 116 valence electrons. The molecule has 21 heavy (non-hydrogen) atoms. The van der Waals surface area contributed by atoms with E-state index >= 15 is 0 Å². The average Bonchev–Trinajstić information content (AvgIpc) is 2.22. The van der Waals surface area contributed by atoms with E-state index in [0.717, 1.165) is 29.5 Å². The Morgan fingerprint density at radius 3 is 2.00 bits per heavy atom. The fourth-order valence-corrected chi connectivity index (χ4v) is 3.99. The Labute approximate surface area is 128 Å². The molecule has 0 aromatic heterocycles. The first-order valence-corrected chi connectivity index (χ1v) is 7.83. The van der Waals surface area contributed by atoms with Crippen LogP contribution in [0.3, 0.4) is 0 Å². The Hall–Kier alpha value is -1.35. The van der Waals surface area contributed by atoms with Gasteiger partial charge in [-0.25, -0.2) is 0 Å². The molecule has 0 radical (unpaired) electrons. The molecule has 1 aromatic rings. The van der Waals surface area contributed by atoms with Gasteiger partial charge in [0.05, 0.1) is 11.1 Å². The number of hydrogen-bond donors (Lipinski definition) is 2. The van der Waals surface area contributed by atoms with Crippen LogP contribution in [-0.2, 0) is 0 Å². The Morgan fingerprint density at radius 1 is 1.05 bits per heavy atom. The lowest BCUT2D eigenvalue weighted by atomic mass is 9.79. The highest BCUT2D eigenvalue weighted by molar-refractivity contribution is 5.94. The largest absolute Gasteiger partial charge is 0.349 e. The van der Waals surface area contributed by atoms with E-state index < -0.39 is 0 Å². The standard InChI is InChI=1S/C18H28N2O/c1-12-7-13(2)9-14(8-12)16(21)19-15-10-17(3,4)20-18(5,6)11-15/h7-9,15,20H,10-11H2,1-6H3,(H,19,21)/p+1. The number of nitrogens with one attached hydrogen (secondary N) is 1. The minimum Gasteiger partial charge on any atom is -0.349 e. The van der Waals surface area contributed by atoms with Crippen LogP contribution in [-0.4, -0.2) is 23.0 Å². The van der Waals surface area contributed by atoms with Gasteiger partial charge in [0.15, 0.2) is 0 Å². The molecule has 1 aromatic carbocycles. The summed E-state index contributed by atoms with van der Waals surface area (Å²) in [6, 6.07) is 6.27. The van der Waals surface area contributed by atoms with Crippen LogP contribution < -0.4 is 10.6 Å². The van der Waals surface area contributed by atoms with Crippen molar-refractivity contribution in [3.8, 4) is 0 Å². The van der Waals surface area contributed by atoms with Crippen LogP contribution in [0.15, 0.2) is 18.2 Å². The van der Waals surface area contributed by atoms with Gasteiger partial charge in [0, 0.05) is 24.4 Å². The van der Waals surface area contributed by atoms with Crippen molar-refractivity contribution in [3.05, 3.63) is 34.9 Å². The van der Waals surface area contributed by atoms with Crippen LogP contribution in [0.1, 0.15) is 62.0 Å². The lowest BCUT2D eigenvalue weighted by Gasteiger charge is -2.43. The Kier molecular flexibility index (Phi) is 4.16. The second-order valence-electron chi connectivity index (χ2n) is 8.08. The van der Waals surface area contributed by atoms with Crippen LogP contribution in [0.2, 0.25) is 0 Å². The summed E-state index contributed by atoms with van der Waals surface area (Å²) in [5.74, 6) is 0.0558. The zero-order chi connectivity index (χ0) is 15.8. The summed E-state index contributed by atoms with van der Waals surface area (Å²) in [5, 5.41) is 5.67. The summed E-state index contributed by atoms with van der Waals surface area (Å²) in [6.45, 7) is 13.1. The Morgan fingerprint density at radius 2 is 1.52 bits per heavy atom. The van der Waals surface area contributed by atoms with E-state index in [-0.39, 0.29) is 23.0 Å². The molecule has 2 rings (SSSR count). The lowest BCUT2D eigenvalue weighted by molar-refractivity contribution is -0.787. The molecular weight excluding hydrogens is 260 g/mol. The molecule has 0 unspecified atom stereocenters. The van der Waals surface area contributed by atoms with E-state index in [2.05, 4.69) is 44.4 Å². The third kappa shape index (κ3) is 4.31. The first kappa shape index (κ1) is 16.0. The van der Waals surface area contributed by atoms with Crippen molar-refractivity contribution in [2.75, 3.05) is 0 Å². The molecule has 3 heteroatoms. The number of rotatable bonds is 2. The average molecular weight is 289 g/mol. The van der Waals surface area contributed by atoms with Gasteiger partial charge < -0.3 is 10.6 Å². The second kappa shape index (κ2) is 5.45. The van der Waals surface area contributed by atoms with Crippen LogP contribution in [0.25, 0.3) is 0 Å². The summed E-state index contributed by atoms with van der Waals surface area (Å²) in [4.78, 5) is 12.5. The zero-order valence-electron chi connectivity index (χ0n) is 14.2. The first-order chi connectivity index (χ1) is 9.56. The van der Waals surface area contributed by atoms with Crippen LogP contribution in [0, 0.1) is 13.8 Å². The van der Waals surface area contributed by atoms with Crippen molar-refractivity contribution in [1.82, 2.24) is 5.32 Å². The lowest BCUT2D eigenvalue weighted by Crippen LogP contribution is -3.06. The van der Waals surface area contributed by atoms with E-state index in [1.54, 1.807) is 0 Å². The van der Waals surface area contributed by atoms with Crippen molar-refractivity contribution in [1.29, 1.82) is 0 Å². The summed E-state index contributed by atoms with van der Waals surface area (Å²) in [7, 11) is 0. The maximum atomic E-state index is 12.5. The van der Waals surface area contributed by atoms with Gasteiger partial charge in [-0.2, -0.15) is 0 Å². The molecule has 0 bridgehead atoms. The molecule has 1 aliphatic heterocycles. The van der Waals surface area contributed by atoms with Gasteiger partial charge >= 0.3 is 0 Å². The van der Waals surface area contributed by atoms with Gasteiger partial charge in [-0.05, 0) is 53.7 Å². The van der Waals surface area contributed by atoms with Crippen molar-refractivity contribution < 1.29 is 10.1 Å². The predicted molar refractivity (Wildman–Crippen MR) is 86.5 cm³/mol. The molecule has 1 aliphatic rings. The number of aryl methyl sites for hydroxylation is 2. The molecule has 0 aliphatic carbocycles. The van der Waals surface area contributed by atoms with Crippen LogP contribution in [0.5, 0.6) is 0 Å². The van der Waals surface area contributed by atoms with E-state index in [4.69, 9.17) is 0 Å². The van der Waals surface area contributed by atoms with Crippen molar-refractivity contribution in [2.45, 2.75) is 71.5 Å². The van der Waals surface area contributed by atoms with Gasteiger partial charge in [0.2, 0.25) is 0 Å². The van der Waals surface area contributed by atoms with Gasteiger partial charge in [-0.3, -0.25) is 4.79 Å². The number of carbonyl (C=O) groups is 1. The molecular formula is C18H29N2O+. The topological polar surface area (TPSA) is 45.7 Å². The van der Waals surface area contributed by atoms with Gasteiger partial charge in [0.25, 0.3) is 5.91 Å². The smallest absolute Gasteiger partial charge is 0.251 e. The molecule has 0 saturated carbocycles. The zero-order valence-corrected chi connectivity index (χ0v) is 14.2. The van der Waals surface area contributed by atoms with Crippen molar-refractivity contribution in [3.63, 3.8) is 0 Å². The number of carbonyl (C=O) groups excluding carboxylic acids is 1. The number of nitrogens with two attached hydrogens (primary N) is 1. The molecule has 0 atom stereocenters. The van der Waals surface area contributed by atoms with E-state index in [9.17, 15) is 4.79 Å². The molecule has 3 nitrogen and oxygen atoms in total. The summed E-state index contributed by atoms with van der Waals surface area (Å²) in [6.07, 6.45) is 2.01. The maximum absolute atomic E-state index is 12.5. The van der Waals surface area contributed by atoms with Gasteiger partial charge in [-0.15, -0.1) is 0 Å². The monoisotopic (exact) mass is 289 g/mol. The Bertz CT molecular complexity index is 510. The summed E-state index contributed by atoms with van der Waals surface area (Å²) < 4.78 is 0. The van der Waals surface area contributed by atoms with Gasteiger partial charge in [-0.1, -0.05) is 17.2 Å². The summed E-state index contributed by atoms with van der Waals surface area (Å²) >= 11 is 0. The minimum atomic E-state index is 0.0558. The third-order valence-corrected chi connectivity index (χ3v) is 4.15. The molecule has 1 heterocycles. The molecule has 1 saturated heterocycles. The molecule has 3 N–H and O–H groups in total. The third-order valence-electron chi connectivity index (χ3n) is 4.15. The molecule has 0 spiro atoms. The number of quaternary nitrogens is 1. The second-order valence-corrected chi connectivity index (χ2v) is 8.08. The number of amides is 1. The van der Waals surface area contributed by atoms with Crippen molar-refractivity contribution in [2.24, 2.45) is 0 Å². The van der Waals surface area contributed by atoms with E-state index in [1.165, 1.54) is 0 Å².